The standard InChI is InChI=1S/C15H18/c1-12(2)15-8-4-7-14(11-15)10-9-13-5-3-6-13/h4,7-8,11-13H,3,5-6H2,1-2H3. The Morgan fingerprint density at radius 2 is 2.07 bits per heavy atom. The summed E-state index contributed by atoms with van der Waals surface area (Å²) in [7, 11) is 0. The molecule has 1 aromatic carbocycles. The number of benzene rings is 1. The smallest absolute Gasteiger partial charge is 0.0248 e. The molecule has 1 fully saturated rings. The van der Waals surface area contributed by atoms with Crippen molar-refractivity contribution in [3.63, 3.8) is 0 Å². The molecule has 0 saturated heterocycles. The molecule has 0 radical (unpaired) electrons. The normalized spacial score (nSPS) is 15.7. The molecule has 0 bridgehead atoms. The summed E-state index contributed by atoms with van der Waals surface area (Å²) in [5.74, 6) is 7.91. The zero-order chi connectivity index (χ0) is 10.7. The van der Waals surface area contributed by atoms with Crippen molar-refractivity contribution in [3.05, 3.63) is 35.4 Å². The third-order valence-corrected chi connectivity index (χ3v) is 3.08. The second kappa shape index (κ2) is 4.53. The van der Waals surface area contributed by atoms with E-state index in [1.54, 1.807) is 0 Å². The fourth-order valence-corrected chi connectivity index (χ4v) is 1.71. The van der Waals surface area contributed by atoms with E-state index >= 15 is 0 Å². The molecule has 0 spiro atoms. The molecule has 1 saturated carbocycles. The highest BCUT2D eigenvalue weighted by atomic mass is 14.2. The lowest BCUT2D eigenvalue weighted by Gasteiger charge is -2.18. The molecule has 0 amide bonds. The molecule has 0 heterocycles. The molecular formula is C15H18. The molecule has 0 aliphatic heterocycles. The van der Waals surface area contributed by atoms with Gasteiger partial charge in [0.25, 0.3) is 0 Å². The van der Waals surface area contributed by atoms with Gasteiger partial charge in [-0.1, -0.05) is 44.2 Å². The van der Waals surface area contributed by atoms with Crippen molar-refractivity contribution in [2.24, 2.45) is 5.92 Å². The fourth-order valence-electron chi connectivity index (χ4n) is 1.71. The summed E-state index contributed by atoms with van der Waals surface area (Å²) in [5, 5.41) is 0. The lowest BCUT2D eigenvalue weighted by Crippen LogP contribution is -2.07. The first-order chi connectivity index (χ1) is 7.25. The summed E-state index contributed by atoms with van der Waals surface area (Å²) >= 11 is 0. The van der Waals surface area contributed by atoms with Gasteiger partial charge in [-0.2, -0.15) is 0 Å². The Bertz CT molecular complexity index is 386. The van der Waals surface area contributed by atoms with E-state index in [2.05, 4.69) is 50.0 Å². The number of hydrogen-bond acceptors (Lipinski definition) is 0. The van der Waals surface area contributed by atoms with Crippen LogP contribution in [0.15, 0.2) is 24.3 Å². The van der Waals surface area contributed by atoms with E-state index in [9.17, 15) is 0 Å². The van der Waals surface area contributed by atoms with Gasteiger partial charge in [0.2, 0.25) is 0 Å². The second-order valence-corrected chi connectivity index (χ2v) is 4.68. The van der Waals surface area contributed by atoms with Gasteiger partial charge in [-0.3, -0.25) is 0 Å². The van der Waals surface area contributed by atoms with Crippen LogP contribution < -0.4 is 0 Å². The minimum Gasteiger partial charge on any atom is -0.0945 e. The molecule has 0 unspecified atom stereocenters. The van der Waals surface area contributed by atoms with E-state index in [-0.39, 0.29) is 0 Å². The van der Waals surface area contributed by atoms with Gasteiger partial charge in [-0.05, 0) is 36.5 Å². The average molecular weight is 198 g/mol. The minimum atomic E-state index is 0.593. The van der Waals surface area contributed by atoms with Crippen molar-refractivity contribution in [2.75, 3.05) is 0 Å². The van der Waals surface area contributed by atoms with Crippen molar-refractivity contribution >= 4 is 0 Å². The van der Waals surface area contributed by atoms with Crippen LogP contribution in [-0.2, 0) is 0 Å². The number of hydrogen-bond donors (Lipinski definition) is 0. The third kappa shape index (κ3) is 2.63. The van der Waals surface area contributed by atoms with Crippen LogP contribution in [0.3, 0.4) is 0 Å². The Balaban J connectivity index is 2.12. The third-order valence-electron chi connectivity index (χ3n) is 3.08. The van der Waals surface area contributed by atoms with Crippen LogP contribution in [0.4, 0.5) is 0 Å². The largest absolute Gasteiger partial charge is 0.0945 e. The van der Waals surface area contributed by atoms with Gasteiger partial charge in [0, 0.05) is 11.5 Å². The SMILES string of the molecule is CC(C)c1cccc(C#CC2CCC2)c1. The topological polar surface area (TPSA) is 0 Å². The first kappa shape index (κ1) is 10.3. The second-order valence-electron chi connectivity index (χ2n) is 4.68. The molecule has 0 N–H and O–H groups in total. The van der Waals surface area contributed by atoms with Crippen molar-refractivity contribution in [1.82, 2.24) is 0 Å². The molecular weight excluding hydrogens is 180 g/mol. The monoisotopic (exact) mass is 198 g/mol. The average Bonchev–Trinajstić information content (AvgIpc) is 2.16. The lowest BCUT2D eigenvalue weighted by atomic mass is 9.86. The zero-order valence-corrected chi connectivity index (χ0v) is 9.59. The predicted octanol–water partition coefficient (Wildman–Crippen LogP) is 3.96. The van der Waals surface area contributed by atoms with Gasteiger partial charge >= 0.3 is 0 Å². The quantitative estimate of drug-likeness (QED) is 0.599. The maximum absolute atomic E-state index is 3.35. The van der Waals surface area contributed by atoms with Crippen molar-refractivity contribution < 1.29 is 0 Å². The predicted molar refractivity (Wildman–Crippen MR) is 64.8 cm³/mol. The van der Waals surface area contributed by atoms with Crippen molar-refractivity contribution in [1.29, 1.82) is 0 Å². The van der Waals surface area contributed by atoms with Crippen molar-refractivity contribution in [2.45, 2.75) is 39.0 Å². The molecule has 1 aliphatic carbocycles. The highest BCUT2D eigenvalue weighted by molar-refractivity contribution is 5.38. The fraction of sp³-hybridized carbons (Fsp3) is 0.467. The Morgan fingerprint density at radius 1 is 1.27 bits per heavy atom. The first-order valence-corrected chi connectivity index (χ1v) is 5.87. The summed E-state index contributed by atoms with van der Waals surface area (Å²) in [4.78, 5) is 0. The Kier molecular flexibility index (Phi) is 3.11. The van der Waals surface area contributed by atoms with E-state index in [0.717, 1.165) is 0 Å². The summed E-state index contributed by atoms with van der Waals surface area (Å²) in [6.07, 6.45) is 3.97. The molecule has 78 valence electrons. The Morgan fingerprint density at radius 3 is 2.67 bits per heavy atom. The van der Waals surface area contributed by atoms with Crippen LogP contribution >= 0.6 is 0 Å². The van der Waals surface area contributed by atoms with Gasteiger partial charge < -0.3 is 0 Å². The van der Waals surface area contributed by atoms with Crippen LogP contribution in [0.25, 0.3) is 0 Å². The maximum atomic E-state index is 3.35. The van der Waals surface area contributed by atoms with E-state index < -0.39 is 0 Å². The zero-order valence-electron chi connectivity index (χ0n) is 9.59. The van der Waals surface area contributed by atoms with Gasteiger partial charge in [0.15, 0.2) is 0 Å². The molecule has 15 heavy (non-hydrogen) atoms. The van der Waals surface area contributed by atoms with E-state index in [0.29, 0.717) is 11.8 Å². The van der Waals surface area contributed by atoms with Crippen LogP contribution in [0.5, 0.6) is 0 Å². The highest BCUT2D eigenvalue weighted by Gasteiger charge is 2.13. The molecule has 0 heteroatoms. The van der Waals surface area contributed by atoms with Crippen molar-refractivity contribution in [3.8, 4) is 11.8 Å². The van der Waals surface area contributed by atoms with Gasteiger partial charge in [-0.15, -0.1) is 0 Å². The van der Waals surface area contributed by atoms with Crippen LogP contribution in [0.1, 0.15) is 50.2 Å². The van der Waals surface area contributed by atoms with E-state index in [4.69, 9.17) is 0 Å². The van der Waals surface area contributed by atoms with E-state index in [1.165, 1.54) is 30.4 Å². The summed E-state index contributed by atoms with van der Waals surface area (Å²) in [6.45, 7) is 4.44. The van der Waals surface area contributed by atoms with Gasteiger partial charge in [-0.25, -0.2) is 0 Å². The summed E-state index contributed by atoms with van der Waals surface area (Å²) in [5.41, 5.74) is 2.56. The van der Waals surface area contributed by atoms with Gasteiger partial charge in [0.05, 0.1) is 0 Å². The van der Waals surface area contributed by atoms with Crippen LogP contribution in [-0.4, -0.2) is 0 Å². The summed E-state index contributed by atoms with van der Waals surface area (Å²) in [6, 6.07) is 8.62. The molecule has 1 aliphatic rings. The molecule has 1 aromatic rings. The van der Waals surface area contributed by atoms with Crippen LogP contribution in [0, 0.1) is 17.8 Å². The molecule has 2 rings (SSSR count). The molecule has 0 nitrogen and oxygen atoms in total. The summed E-state index contributed by atoms with van der Waals surface area (Å²) < 4.78 is 0. The Labute approximate surface area is 92.7 Å². The maximum Gasteiger partial charge on any atom is 0.0248 e. The van der Waals surface area contributed by atoms with Crippen LogP contribution in [0.2, 0.25) is 0 Å². The molecule has 0 aromatic heterocycles. The minimum absolute atomic E-state index is 0.593. The highest BCUT2D eigenvalue weighted by Crippen LogP contribution is 2.25. The first-order valence-electron chi connectivity index (χ1n) is 5.87. The lowest BCUT2D eigenvalue weighted by molar-refractivity contribution is 0.401. The Hall–Kier alpha value is -1.22. The molecule has 0 atom stereocenters. The van der Waals surface area contributed by atoms with E-state index in [1.807, 2.05) is 0 Å². The van der Waals surface area contributed by atoms with Gasteiger partial charge in [0.1, 0.15) is 0 Å². The number of rotatable bonds is 1.